The van der Waals surface area contributed by atoms with E-state index in [4.69, 9.17) is 31.0 Å². The van der Waals surface area contributed by atoms with Crippen LogP contribution in [0.4, 0.5) is 11.6 Å². The van der Waals surface area contributed by atoms with E-state index >= 15 is 0 Å². The molecule has 2 aromatic carbocycles. The summed E-state index contributed by atoms with van der Waals surface area (Å²) in [5.74, 6) is 1.01. The Bertz CT molecular complexity index is 3270. The molecule has 10 rings (SSSR count). The van der Waals surface area contributed by atoms with Gasteiger partial charge in [0.2, 0.25) is 31.2 Å². The van der Waals surface area contributed by atoms with Crippen molar-refractivity contribution in [1.82, 2.24) is 43.2 Å². The molecule has 0 unspecified atom stereocenters. The zero-order valence-electron chi connectivity index (χ0n) is 45.9. The van der Waals surface area contributed by atoms with Gasteiger partial charge in [0.1, 0.15) is 24.8 Å². The quantitative estimate of drug-likeness (QED) is 0.102. The maximum absolute atomic E-state index is 13.7. The monoisotopic (exact) mass is 1150 g/mol. The van der Waals surface area contributed by atoms with Gasteiger partial charge in [-0.1, -0.05) is 49.6 Å². The van der Waals surface area contributed by atoms with Gasteiger partial charge in [0.15, 0.2) is 0 Å². The third-order valence-electron chi connectivity index (χ3n) is 15.6. The van der Waals surface area contributed by atoms with Crippen molar-refractivity contribution in [2.45, 2.75) is 113 Å². The molecule has 0 bridgehead atoms. The summed E-state index contributed by atoms with van der Waals surface area (Å²) in [6, 6.07) is 19.3. The standard InChI is InChI=1S/C28H35N7O4S.C25H32N6O3S.C3H3ClO/c1-4-26(36)35-15-14-33(16-21(35)11-12-29)27-23-17-34(40(37,38)25-10-6-5-8-20(25)2)18-24(23)30-28(31-27)39-19-22-9-7-13-32(22)3;1-18-7-3-4-10-23(18)35(32,33)31-15-21-22(16-31)27-25(34-17-20-9-6-11-29(20)2)28-24(21)30-12-5-8-19(13-26)14-30;1-2-3(4)5/h4-6,8,10,21-22H,1,7,9,11,13-19H2,2-3H3;3-4,7,10,19-20H,5-6,8-9,11-12,14-17H2,1-2H3;2H,1H2/t21-,22-;19-,20-;/m00./s1. The number of anilines is 2. The van der Waals surface area contributed by atoms with Crippen molar-refractivity contribution in [3.05, 3.63) is 107 Å². The third kappa shape index (κ3) is 13.6. The number of piperidine rings is 1. The largest absolute Gasteiger partial charge is 0.462 e. The van der Waals surface area contributed by atoms with Crippen molar-refractivity contribution < 1.29 is 35.9 Å². The number of likely N-dealkylation sites (N-methyl/N-ethyl adjacent to an activating group) is 2. The van der Waals surface area contributed by atoms with Crippen LogP contribution in [-0.4, -0.2) is 162 Å². The van der Waals surface area contributed by atoms with Crippen LogP contribution in [0.5, 0.6) is 12.0 Å². The molecule has 4 saturated heterocycles. The SMILES string of the molecule is C=CC(=O)Cl.C=CC(=O)N1CCN(c2nc(OC[C@@H]3CCCN3C)nc3c2CN(S(=O)(=O)c2ccccc2C)C3)C[C@@H]1CC#N.Cc1ccccc1S(=O)(=O)N1Cc2nc(OC[C@@H]3CCCN3C)nc(N3CCC[C@@H](C#N)C3)c2C1. The number of benzene rings is 2. The summed E-state index contributed by atoms with van der Waals surface area (Å²) in [5, 5.41) is 18.4. The number of allylic oxidation sites excluding steroid dienone is 1. The zero-order valence-corrected chi connectivity index (χ0v) is 48.3. The number of ether oxygens (including phenoxy) is 2. The first-order valence-corrected chi connectivity index (χ1v) is 30.2. The van der Waals surface area contributed by atoms with Gasteiger partial charge in [-0.15, -0.1) is 0 Å². The van der Waals surface area contributed by atoms with Crippen molar-refractivity contribution in [2.24, 2.45) is 5.92 Å². The maximum atomic E-state index is 13.7. The third-order valence-corrected chi connectivity index (χ3v) is 19.7. The summed E-state index contributed by atoms with van der Waals surface area (Å²) in [7, 11) is -3.31. The Balaban J connectivity index is 0.000000195. The van der Waals surface area contributed by atoms with E-state index in [2.05, 4.69) is 64.1 Å². The lowest BCUT2D eigenvalue weighted by Gasteiger charge is -2.41. The number of amides is 1. The number of piperazine rings is 1. The fraction of sp³-hybridized carbons (Fsp3) is 0.500. The Kier molecular flexibility index (Phi) is 19.6. The van der Waals surface area contributed by atoms with Crippen LogP contribution in [0.3, 0.4) is 0 Å². The van der Waals surface area contributed by atoms with E-state index in [0.29, 0.717) is 84.5 Å². The first-order valence-electron chi connectivity index (χ1n) is 26.9. The molecule has 426 valence electrons. The van der Waals surface area contributed by atoms with Crippen molar-refractivity contribution in [2.75, 3.05) is 82.9 Å². The minimum absolute atomic E-state index is 0.0703. The molecule has 21 nitrogen and oxygen atoms in total. The second-order valence-corrected chi connectivity index (χ2v) is 25.1. The number of aromatic nitrogens is 4. The minimum Gasteiger partial charge on any atom is -0.462 e. The molecule has 0 spiro atoms. The lowest BCUT2D eigenvalue weighted by molar-refractivity contribution is -0.128. The van der Waals surface area contributed by atoms with E-state index in [1.54, 1.807) is 42.2 Å². The van der Waals surface area contributed by atoms with Crippen LogP contribution in [0.15, 0.2) is 83.6 Å². The van der Waals surface area contributed by atoms with Gasteiger partial charge >= 0.3 is 12.0 Å². The molecular weight excluding hydrogens is 1080 g/mol. The van der Waals surface area contributed by atoms with E-state index < -0.39 is 25.3 Å². The first kappa shape index (κ1) is 59.5. The van der Waals surface area contributed by atoms with Gasteiger partial charge in [0, 0.05) is 69.0 Å². The van der Waals surface area contributed by atoms with Crippen molar-refractivity contribution >= 4 is 54.4 Å². The van der Waals surface area contributed by atoms with Crippen LogP contribution in [-0.2, 0) is 55.8 Å². The van der Waals surface area contributed by atoms with Gasteiger partial charge in [0.05, 0.1) is 64.8 Å². The van der Waals surface area contributed by atoms with Gasteiger partial charge in [-0.2, -0.15) is 39.1 Å². The molecule has 24 heteroatoms. The number of aryl methyl sites for hydroxylation is 2. The molecule has 8 heterocycles. The number of fused-ring (bicyclic) bond motifs is 2. The van der Waals surface area contributed by atoms with Crippen LogP contribution in [0.2, 0.25) is 0 Å². The Labute approximate surface area is 475 Å². The molecule has 6 aliphatic heterocycles. The van der Waals surface area contributed by atoms with Gasteiger partial charge < -0.3 is 34.0 Å². The van der Waals surface area contributed by atoms with Crippen molar-refractivity contribution in [3.8, 4) is 24.2 Å². The average molecular weight is 1150 g/mol. The normalized spacial score (nSPS) is 21.5. The van der Waals surface area contributed by atoms with Crippen molar-refractivity contribution in [3.63, 3.8) is 0 Å². The number of nitrogens with zero attached hydrogens (tertiary/aromatic N) is 13. The number of likely N-dealkylation sites (tertiary alicyclic amines) is 2. The van der Waals surface area contributed by atoms with E-state index in [9.17, 15) is 36.9 Å². The van der Waals surface area contributed by atoms with Crippen LogP contribution >= 0.6 is 11.6 Å². The Morgan fingerprint density at radius 3 is 1.56 bits per heavy atom. The number of halogens is 1. The van der Waals surface area contributed by atoms with Gasteiger partial charge in [-0.3, -0.25) is 9.59 Å². The van der Waals surface area contributed by atoms with Crippen LogP contribution in [0.1, 0.15) is 78.6 Å². The molecule has 0 radical (unpaired) electrons. The summed E-state index contributed by atoms with van der Waals surface area (Å²) in [5.41, 5.74) is 4.22. The zero-order chi connectivity index (χ0) is 57.3. The Morgan fingerprint density at radius 2 is 1.14 bits per heavy atom. The molecule has 0 saturated carbocycles. The van der Waals surface area contributed by atoms with Crippen molar-refractivity contribution in [1.29, 1.82) is 10.5 Å². The summed E-state index contributed by atoms with van der Waals surface area (Å²) in [6.45, 7) is 16.5. The molecular formula is C56H70ClN13O8S2. The fourth-order valence-electron chi connectivity index (χ4n) is 11.1. The van der Waals surface area contributed by atoms with Crippen LogP contribution in [0.25, 0.3) is 0 Å². The van der Waals surface area contributed by atoms with E-state index in [1.807, 2.05) is 30.0 Å². The lowest BCUT2D eigenvalue weighted by Crippen LogP contribution is -2.55. The molecule has 2 aromatic heterocycles. The smallest absolute Gasteiger partial charge is 0.318 e. The minimum atomic E-state index is -3.78. The maximum Gasteiger partial charge on any atom is 0.318 e. The number of sulfonamides is 2. The molecule has 6 aliphatic rings. The second kappa shape index (κ2) is 26.3. The van der Waals surface area contributed by atoms with Gasteiger partial charge in [-0.25, -0.2) is 16.8 Å². The highest BCUT2D eigenvalue weighted by atomic mass is 35.5. The number of carbonyl (C=O) groups excluding carboxylic acids is 2. The Hall–Kier alpha value is -6.57. The molecule has 4 aromatic rings. The van der Waals surface area contributed by atoms with E-state index in [1.165, 1.54) is 14.7 Å². The Morgan fingerprint density at radius 1 is 0.662 bits per heavy atom. The summed E-state index contributed by atoms with van der Waals surface area (Å²) >= 11 is 4.71. The number of hydrogen-bond donors (Lipinski definition) is 0. The van der Waals surface area contributed by atoms with Gasteiger partial charge in [-0.05, 0) is 127 Å². The highest BCUT2D eigenvalue weighted by Gasteiger charge is 2.40. The lowest BCUT2D eigenvalue weighted by atomic mass is 9.99. The summed E-state index contributed by atoms with van der Waals surface area (Å²) < 4.78 is 69.4. The highest BCUT2D eigenvalue weighted by molar-refractivity contribution is 7.89. The van der Waals surface area contributed by atoms with Crippen LogP contribution in [0, 0.1) is 42.4 Å². The number of rotatable bonds is 15. The molecule has 80 heavy (non-hydrogen) atoms. The number of nitriles is 2. The molecule has 0 aliphatic carbocycles. The number of carbonyl (C=O) groups is 2. The highest BCUT2D eigenvalue weighted by Crippen LogP contribution is 2.38. The van der Waals surface area contributed by atoms with E-state index in [0.717, 1.165) is 75.4 Å². The predicted octanol–water partition coefficient (Wildman–Crippen LogP) is 5.72. The predicted molar refractivity (Wildman–Crippen MR) is 301 cm³/mol. The topological polar surface area (TPSA) is 243 Å². The molecule has 1 amide bonds. The first-order chi connectivity index (χ1) is 38.4. The van der Waals surface area contributed by atoms with Crippen LogP contribution < -0.4 is 19.3 Å². The second-order valence-electron chi connectivity index (χ2n) is 20.9. The number of hydrogen-bond acceptors (Lipinski definition) is 18. The average Bonchev–Trinajstić information content (AvgIpc) is 4.35. The molecule has 4 fully saturated rings. The fourth-order valence-corrected chi connectivity index (χ4v) is 14.3. The van der Waals surface area contributed by atoms with E-state index in [-0.39, 0.29) is 73.4 Å². The van der Waals surface area contributed by atoms with Gasteiger partial charge in [0.25, 0.3) is 0 Å². The molecule has 0 N–H and O–H groups in total. The molecule has 4 atom stereocenters. The summed E-state index contributed by atoms with van der Waals surface area (Å²) in [6.07, 6.45) is 8.60. The summed E-state index contributed by atoms with van der Waals surface area (Å²) in [4.78, 5) is 51.7.